The topological polar surface area (TPSA) is 75.6 Å². The number of imide groups is 1. The number of carbonyl (C=O) groups is 2. The number of piperidine rings is 1. The van der Waals surface area contributed by atoms with Crippen molar-refractivity contribution in [2.24, 2.45) is 46.8 Å². The van der Waals surface area contributed by atoms with Gasteiger partial charge in [0.1, 0.15) is 0 Å². The Hall–Kier alpha value is -1.98. The number of carbonyl (C=O) groups excluding carboxylic acids is 2. The molecule has 2 amide bonds. The van der Waals surface area contributed by atoms with Crippen LogP contribution in [-0.4, -0.2) is 28.3 Å². The van der Waals surface area contributed by atoms with E-state index in [0.29, 0.717) is 12.3 Å². The van der Waals surface area contributed by atoms with Crippen LogP contribution in [0, 0.1) is 46.8 Å². The van der Waals surface area contributed by atoms with Crippen molar-refractivity contribution in [3.63, 3.8) is 0 Å². The highest BCUT2D eigenvalue weighted by Gasteiger charge is 2.77. The molecule has 0 aromatic heterocycles. The third kappa shape index (κ3) is 2.63. The molecule has 1 spiro atoms. The molecule has 4 fully saturated rings. The number of ether oxygens (including phenoxy) is 1. The van der Waals surface area contributed by atoms with Crippen LogP contribution in [0.15, 0.2) is 42.0 Å². The number of aliphatic hydroxyl groups is 1. The Bertz CT molecular complexity index is 1080. The Morgan fingerprint density at radius 3 is 2.47 bits per heavy atom. The van der Waals surface area contributed by atoms with Crippen molar-refractivity contribution in [3.05, 3.63) is 47.5 Å². The van der Waals surface area contributed by atoms with Gasteiger partial charge >= 0.3 is 0 Å². The van der Waals surface area contributed by atoms with Gasteiger partial charge in [0, 0.05) is 17.8 Å². The predicted molar refractivity (Wildman–Crippen MR) is 128 cm³/mol. The SMILES string of the molecule is CC1=CC2C3C(CC24C(=O)NC(=O)C(c2ccccc2)C4C1C)C1(O)OC3(C)CC(C)CC1C. The molecular formula is C29H37NO4. The van der Waals surface area contributed by atoms with Gasteiger partial charge in [0.15, 0.2) is 5.79 Å². The Kier molecular flexibility index (Phi) is 4.65. The molecule has 2 bridgehead atoms. The molecule has 11 unspecified atom stereocenters. The van der Waals surface area contributed by atoms with Gasteiger partial charge in [-0.25, -0.2) is 0 Å². The maximum absolute atomic E-state index is 14.0. The maximum Gasteiger partial charge on any atom is 0.234 e. The van der Waals surface area contributed by atoms with E-state index in [1.165, 1.54) is 5.57 Å². The zero-order chi connectivity index (χ0) is 24.2. The number of amides is 2. The van der Waals surface area contributed by atoms with Crippen molar-refractivity contribution < 1.29 is 19.4 Å². The molecule has 2 N–H and O–H groups in total. The fourth-order valence-corrected chi connectivity index (χ4v) is 9.36. The Balaban J connectivity index is 1.56. The van der Waals surface area contributed by atoms with Crippen molar-refractivity contribution in [2.45, 2.75) is 71.2 Å². The third-order valence-electron chi connectivity index (χ3n) is 10.6. The van der Waals surface area contributed by atoms with Gasteiger partial charge in [-0.05, 0) is 62.3 Å². The van der Waals surface area contributed by atoms with Gasteiger partial charge in [-0.2, -0.15) is 0 Å². The maximum atomic E-state index is 14.0. The van der Waals surface area contributed by atoms with Crippen LogP contribution in [0.1, 0.15) is 65.4 Å². The molecule has 6 rings (SSSR count). The molecule has 182 valence electrons. The van der Waals surface area contributed by atoms with E-state index in [-0.39, 0.29) is 53.2 Å². The lowest BCUT2D eigenvalue weighted by atomic mass is 9.50. The van der Waals surface area contributed by atoms with Crippen LogP contribution < -0.4 is 5.32 Å². The standard InChI is InChI=1S/C29H37NO4/c1-15-11-17(3)29(33)21-14-28-20(24(21)27(5,13-15)34-29)12-16(2)18(4)23(28)22(25(31)30-26(28)32)19-9-7-6-8-10-19/h6-10,12,15,17-18,20-24,33H,11,13-14H2,1-5H3,(H,30,31,32). The van der Waals surface area contributed by atoms with Crippen molar-refractivity contribution in [3.8, 4) is 0 Å². The molecule has 2 aliphatic carbocycles. The number of fused-ring (bicyclic) bond motifs is 6. The quantitative estimate of drug-likeness (QED) is 0.478. The average Bonchev–Trinajstić information content (AvgIpc) is 3.19. The minimum absolute atomic E-state index is 0.00460. The Morgan fingerprint density at radius 1 is 1.06 bits per heavy atom. The number of benzene rings is 1. The summed E-state index contributed by atoms with van der Waals surface area (Å²) in [5.74, 6) is -1.72. The molecule has 5 aliphatic rings. The van der Waals surface area contributed by atoms with Gasteiger partial charge in [-0.3, -0.25) is 14.9 Å². The van der Waals surface area contributed by atoms with Gasteiger partial charge in [-0.1, -0.05) is 62.8 Å². The first-order chi connectivity index (χ1) is 16.0. The van der Waals surface area contributed by atoms with Crippen LogP contribution in [0.5, 0.6) is 0 Å². The fourth-order valence-electron chi connectivity index (χ4n) is 9.36. The highest BCUT2D eigenvalue weighted by atomic mass is 16.6. The summed E-state index contributed by atoms with van der Waals surface area (Å²) in [5, 5.41) is 14.9. The van der Waals surface area contributed by atoms with Gasteiger partial charge < -0.3 is 9.84 Å². The predicted octanol–water partition coefficient (Wildman–Crippen LogP) is 4.42. The minimum Gasteiger partial charge on any atom is -0.365 e. The van der Waals surface area contributed by atoms with E-state index in [1.54, 1.807) is 0 Å². The van der Waals surface area contributed by atoms with Crippen molar-refractivity contribution in [1.82, 2.24) is 5.32 Å². The summed E-state index contributed by atoms with van der Waals surface area (Å²) in [6, 6.07) is 9.93. The van der Waals surface area contributed by atoms with Crippen molar-refractivity contribution >= 4 is 11.8 Å². The summed E-state index contributed by atoms with van der Waals surface area (Å²) in [4.78, 5) is 27.4. The molecule has 11 atom stereocenters. The van der Waals surface area contributed by atoms with Gasteiger partial charge in [0.25, 0.3) is 0 Å². The smallest absolute Gasteiger partial charge is 0.234 e. The summed E-state index contributed by atoms with van der Waals surface area (Å²) in [5.41, 5.74) is 0.985. The zero-order valence-electron chi connectivity index (χ0n) is 20.9. The first-order valence-electron chi connectivity index (χ1n) is 13.0. The highest BCUT2D eigenvalue weighted by molar-refractivity contribution is 6.05. The molecular weight excluding hydrogens is 426 g/mol. The lowest BCUT2D eigenvalue weighted by Crippen LogP contribution is -2.63. The van der Waals surface area contributed by atoms with E-state index in [9.17, 15) is 14.7 Å². The van der Waals surface area contributed by atoms with Crippen LogP contribution in [0.4, 0.5) is 0 Å². The van der Waals surface area contributed by atoms with Crippen LogP contribution in [0.25, 0.3) is 0 Å². The Labute approximate surface area is 202 Å². The summed E-state index contributed by atoms with van der Waals surface area (Å²) in [6.07, 6.45) is 4.67. The number of hydrogen-bond donors (Lipinski definition) is 2. The molecule has 3 saturated heterocycles. The minimum atomic E-state index is -1.24. The second-order valence-corrected chi connectivity index (χ2v) is 12.4. The van der Waals surface area contributed by atoms with Gasteiger partial charge in [0.05, 0.1) is 16.9 Å². The van der Waals surface area contributed by atoms with E-state index in [1.807, 2.05) is 30.3 Å². The van der Waals surface area contributed by atoms with Crippen molar-refractivity contribution in [1.29, 1.82) is 0 Å². The van der Waals surface area contributed by atoms with E-state index in [4.69, 9.17) is 4.74 Å². The first-order valence-corrected chi connectivity index (χ1v) is 13.0. The summed E-state index contributed by atoms with van der Waals surface area (Å²) in [6.45, 7) is 10.8. The molecule has 5 heteroatoms. The lowest BCUT2D eigenvalue weighted by molar-refractivity contribution is -0.261. The highest BCUT2D eigenvalue weighted by Crippen LogP contribution is 2.72. The van der Waals surface area contributed by atoms with Crippen LogP contribution >= 0.6 is 0 Å². The normalized spacial score (nSPS) is 51.6. The average molecular weight is 464 g/mol. The summed E-state index contributed by atoms with van der Waals surface area (Å²) in [7, 11) is 0. The monoisotopic (exact) mass is 463 g/mol. The van der Waals surface area contributed by atoms with Crippen molar-refractivity contribution in [2.75, 3.05) is 0 Å². The first kappa shape index (κ1) is 22.5. The molecule has 5 nitrogen and oxygen atoms in total. The number of hydrogen-bond acceptors (Lipinski definition) is 4. The van der Waals surface area contributed by atoms with Crippen LogP contribution in [0.3, 0.4) is 0 Å². The van der Waals surface area contributed by atoms with E-state index >= 15 is 0 Å². The van der Waals surface area contributed by atoms with E-state index in [2.05, 4.69) is 46.0 Å². The molecule has 0 radical (unpaired) electrons. The number of allylic oxidation sites excluding steroid dienone is 2. The molecule has 1 saturated carbocycles. The summed E-state index contributed by atoms with van der Waals surface area (Å²) < 4.78 is 6.63. The second-order valence-electron chi connectivity index (χ2n) is 12.4. The second kappa shape index (κ2) is 7.04. The van der Waals surface area contributed by atoms with Gasteiger partial charge in [-0.15, -0.1) is 0 Å². The molecule has 34 heavy (non-hydrogen) atoms. The summed E-state index contributed by atoms with van der Waals surface area (Å²) >= 11 is 0. The lowest BCUT2D eigenvalue weighted by Gasteiger charge is -2.54. The van der Waals surface area contributed by atoms with Crippen LogP contribution in [-0.2, 0) is 14.3 Å². The zero-order valence-corrected chi connectivity index (χ0v) is 20.9. The molecule has 3 aliphatic heterocycles. The number of rotatable bonds is 1. The third-order valence-corrected chi connectivity index (χ3v) is 10.6. The van der Waals surface area contributed by atoms with E-state index in [0.717, 1.165) is 18.4 Å². The van der Waals surface area contributed by atoms with Gasteiger partial charge in [0.2, 0.25) is 11.8 Å². The largest absolute Gasteiger partial charge is 0.365 e. The van der Waals surface area contributed by atoms with Crippen LogP contribution in [0.2, 0.25) is 0 Å². The number of nitrogens with one attached hydrogen (secondary N) is 1. The fraction of sp³-hybridized carbons (Fsp3) is 0.655. The Morgan fingerprint density at radius 2 is 1.76 bits per heavy atom. The van der Waals surface area contributed by atoms with E-state index < -0.39 is 16.8 Å². The molecule has 1 aromatic carbocycles. The molecule has 3 heterocycles. The molecule has 1 aromatic rings.